The Hall–Kier alpha value is -3.22. The minimum atomic E-state index is -0.794. The number of carbonyl (C=O) groups excluding carboxylic acids is 2. The second-order valence-electron chi connectivity index (χ2n) is 5.97. The first-order valence-corrected chi connectivity index (χ1v) is 8.42. The van der Waals surface area contributed by atoms with Gasteiger partial charge >= 0.3 is 0 Å². The summed E-state index contributed by atoms with van der Waals surface area (Å²) in [7, 11) is 2.95. The smallest absolute Gasteiger partial charge is 0.279 e. The lowest BCUT2D eigenvalue weighted by Crippen LogP contribution is -2.47. The molecule has 0 aliphatic heterocycles. The molecule has 7 heteroatoms. The molecule has 0 aliphatic rings. The highest BCUT2D eigenvalue weighted by molar-refractivity contribution is 5.98. The fraction of sp³-hybridized carbons (Fsp3) is 0.300. The van der Waals surface area contributed by atoms with Crippen molar-refractivity contribution in [2.75, 3.05) is 14.2 Å². The molecule has 0 spiro atoms. The van der Waals surface area contributed by atoms with Gasteiger partial charge < -0.3 is 14.2 Å². The van der Waals surface area contributed by atoms with Gasteiger partial charge in [0.2, 0.25) is 0 Å². The van der Waals surface area contributed by atoms with Crippen LogP contribution in [0.4, 0.5) is 0 Å². The second-order valence-corrected chi connectivity index (χ2v) is 5.97. The number of rotatable bonds is 6. The third-order valence-corrected chi connectivity index (χ3v) is 4.18. The van der Waals surface area contributed by atoms with Gasteiger partial charge in [-0.1, -0.05) is 12.1 Å². The molecule has 2 amide bonds. The van der Waals surface area contributed by atoms with E-state index in [1.165, 1.54) is 20.3 Å². The van der Waals surface area contributed by atoms with Crippen molar-refractivity contribution in [1.29, 1.82) is 0 Å². The fourth-order valence-corrected chi connectivity index (χ4v) is 2.37. The van der Waals surface area contributed by atoms with Crippen LogP contribution in [0.3, 0.4) is 0 Å². The van der Waals surface area contributed by atoms with Crippen LogP contribution >= 0.6 is 0 Å². The van der Waals surface area contributed by atoms with Gasteiger partial charge in [0.15, 0.2) is 6.10 Å². The van der Waals surface area contributed by atoms with Gasteiger partial charge in [-0.25, -0.2) is 0 Å². The monoisotopic (exact) mass is 372 g/mol. The molecule has 2 N–H and O–H groups in total. The normalized spacial score (nSPS) is 11.3. The third kappa shape index (κ3) is 4.91. The van der Waals surface area contributed by atoms with Crippen molar-refractivity contribution in [3.05, 3.63) is 53.1 Å². The average Bonchev–Trinajstić information content (AvgIpc) is 2.68. The van der Waals surface area contributed by atoms with Gasteiger partial charge in [0.1, 0.15) is 17.2 Å². The van der Waals surface area contributed by atoms with Crippen LogP contribution in [0.25, 0.3) is 0 Å². The number of hydrogen-bond acceptors (Lipinski definition) is 5. The molecule has 2 aromatic rings. The van der Waals surface area contributed by atoms with Crippen molar-refractivity contribution in [3.8, 4) is 17.2 Å². The van der Waals surface area contributed by atoms with Gasteiger partial charge in [0.05, 0.1) is 19.8 Å². The van der Waals surface area contributed by atoms with E-state index in [2.05, 4.69) is 10.9 Å². The van der Waals surface area contributed by atoms with Crippen molar-refractivity contribution < 1.29 is 23.8 Å². The lowest BCUT2D eigenvalue weighted by molar-refractivity contribution is -0.128. The van der Waals surface area contributed by atoms with E-state index in [0.29, 0.717) is 17.2 Å². The minimum Gasteiger partial charge on any atom is -0.497 e. The van der Waals surface area contributed by atoms with Crippen LogP contribution in [0.2, 0.25) is 0 Å². The van der Waals surface area contributed by atoms with Crippen LogP contribution < -0.4 is 25.1 Å². The lowest BCUT2D eigenvalue weighted by atomic mass is 10.1. The first-order valence-electron chi connectivity index (χ1n) is 8.42. The van der Waals surface area contributed by atoms with Crippen LogP contribution in [0, 0.1) is 13.8 Å². The van der Waals surface area contributed by atoms with Gasteiger partial charge in [-0.15, -0.1) is 0 Å². The van der Waals surface area contributed by atoms with Crippen molar-refractivity contribution in [2.24, 2.45) is 0 Å². The molecule has 0 aliphatic carbocycles. The number of methoxy groups -OCH3 is 2. The molecular formula is C20H24N2O5. The second kappa shape index (κ2) is 8.93. The lowest BCUT2D eigenvalue weighted by Gasteiger charge is -2.17. The Balaban J connectivity index is 2.00. The van der Waals surface area contributed by atoms with E-state index in [9.17, 15) is 9.59 Å². The molecule has 27 heavy (non-hydrogen) atoms. The number of aryl methyl sites for hydroxylation is 1. The van der Waals surface area contributed by atoms with Crippen LogP contribution in [0.15, 0.2) is 36.4 Å². The van der Waals surface area contributed by atoms with Crippen molar-refractivity contribution >= 4 is 11.8 Å². The zero-order valence-electron chi connectivity index (χ0n) is 16.1. The Bertz CT molecular complexity index is 835. The van der Waals surface area contributed by atoms with Crippen LogP contribution in [-0.4, -0.2) is 32.1 Å². The molecule has 0 saturated heterocycles. The summed E-state index contributed by atoms with van der Waals surface area (Å²) in [6.07, 6.45) is -0.794. The molecule has 2 rings (SSSR count). The maximum atomic E-state index is 12.4. The first kappa shape index (κ1) is 20.1. The zero-order valence-corrected chi connectivity index (χ0v) is 16.1. The Morgan fingerprint density at radius 2 is 1.70 bits per heavy atom. The molecule has 1 atom stereocenters. The molecule has 0 heterocycles. The number of ether oxygens (including phenoxy) is 3. The SMILES string of the molecule is COc1ccc(OC)c(C(=O)NNC(=O)[C@H](C)Oc2cccc(C)c2C)c1. The first-order chi connectivity index (χ1) is 12.9. The molecule has 7 nitrogen and oxygen atoms in total. The van der Waals surface area contributed by atoms with Crippen LogP contribution in [-0.2, 0) is 4.79 Å². The summed E-state index contributed by atoms with van der Waals surface area (Å²) in [6.45, 7) is 5.50. The summed E-state index contributed by atoms with van der Waals surface area (Å²) < 4.78 is 16.0. The number of amides is 2. The van der Waals surface area contributed by atoms with E-state index in [1.807, 2.05) is 26.0 Å². The summed E-state index contributed by atoms with van der Waals surface area (Å²) >= 11 is 0. The predicted octanol–water partition coefficient (Wildman–Crippen LogP) is 2.55. The van der Waals surface area contributed by atoms with E-state index in [1.54, 1.807) is 25.1 Å². The Morgan fingerprint density at radius 1 is 0.963 bits per heavy atom. The summed E-state index contributed by atoms with van der Waals surface area (Å²) in [6, 6.07) is 10.4. The number of nitrogens with one attached hydrogen (secondary N) is 2. The maximum absolute atomic E-state index is 12.4. The average molecular weight is 372 g/mol. The predicted molar refractivity (Wildman–Crippen MR) is 101 cm³/mol. The maximum Gasteiger partial charge on any atom is 0.279 e. The van der Waals surface area contributed by atoms with E-state index >= 15 is 0 Å². The van der Waals surface area contributed by atoms with Crippen molar-refractivity contribution in [3.63, 3.8) is 0 Å². The quantitative estimate of drug-likeness (QED) is 0.761. The molecule has 144 valence electrons. The summed E-state index contributed by atoms with van der Waals surface area (Å²) in [5, 5.41) is 0. The molecule has 2 aromatic carbocycles. The minimum absolute atomic E-state index is 0.236. The molecule has 0 radical (unpaired) electrons. The highest BCUT2D eigenvalue weighted by Gasteiger charge is 2.19. The van der Waals surface area contributed by atoms with E-state index < -0.39 is 17.9 Å². The summed E-state index contributed by atoms with van der Waals surface area (Å²) in [5.74, 6) is 0.476. The summed E-state index contributed by atoms with van der Waals surface area (Å²) in [4.78, 5) is 24.6. The van der Waals surface area contributed by atoms with Gasteiger partial charge in [-0.2, -0.15) is 0 Å². The number of benzene rings is 2. The fourth-order valence-electron chi connectivity index (χ4n) is 2.37. The van der Waals surface area contributed by atoms with Crippen LogP contribution in [0.1, 0.15) is 28.4 Å². The van der Waals surface area contributed by atoms with Crippen molar-refractivity contribution in [1.82, 2.24) is 10.9 Å². The van der Waals surface area contributed by atoms with Crippen LogP contribution in [0.5, 0.6) is 17.2 Å². The molecule has 0 aromatic heterocycles. The third-order valence-electron chi connectivity index (χ3n) is 4.18. The van der Waals surface area contributed by atoms with Gasteiger partial charge in [0, 0.05) is 0 Å². The van der Waals surface area contributed by atoms with Gasteiger partial charge in [-0.05, 0) is 56.2 Å². The zero-order chi connectivity index (χ0) is 20.0. The Kier molecular flexibility index (Phi) is 6.65. The highest BCUT2D eigenvalue weighted by Crippen LogP contribution is 2.24. The van der Waals surface area contributed by atoms with E-state index in [4.69, 9.17) is 14.2 Å². The Morgan fingerprint density at radius 3 is 2.37 bits per heavy atom. The van der Waals surface area contributed by atoms with Gasteiger partial charge in [0.25, 0.3) is 11.8 Å². The largest absolute Gasteiger partial charge is 0.497 e. The molecule has 0 bridgehead atoms. The number of hydrazine groups is 1. The molecular weight excluding hydrogens is 348 g/mol. The van der Waals surface area contributed by atoms with Gasteiger partial charge in [-0.3, -0.25) is 20.4 Å². The summed E-state index contributed by atoms with van der Waals surface area (Å²) in [5.41, 5.74) is 6.99. The molecule has 0 saturated carbocycles. The van der Waals surface area contributed by atoms with E-state index in [-0.39, 0.29) is 5.56 Å². The standard InChI is InChI=1S/C20H24N2O5/c1-12-7-6-8-17(13(12)2)27-14(3)19(23)21-22-20(24)16-11-15(25-4)9-10-18(16)26-5/h6-11,14H,1-5H3,(H,21,23)(H,22,24)/t14-/m0/s1. The molecule has 0 fully saturated rings. The number of hydrogen-bond donors (Lipinski definition) is 2. The Labute approximate surface area is 158 Å². The van der Waals surface area contributed by atoms with Crippen molar-refractivity contribution in [2.45, 2.75) is 26.9 Å². The topological polar surface area (TPSA) is 85.9 Å². The molecule has 0 unspecified atom stereocenters. The number of carbonyl (C=O) groups is 2. The van der Waals surface area contributed by atoms with E-state index in [0.717, 1.165) is 11.1 Å². The highest BCUT2D eigenvalue weighted by atomic mass is 16.5.